The van der Waals surface area contributed by atoms with Crippen LogP contribution in [0, 0.1) is 17.0 Å². The minimum Gasteiger partial charge on any atom is -0.295 e. The van der Waals surface area contributed by atoms with E-state index in [9.17, 15) is 10.1 Å². The molecule has 1 heterocycles. The lowest BCUT2D eigenvalue weighted by molar-refractivity contribution is -0.384. The Bertz CT molecular complexity index is 733. The summed E-state index contributed by atoms with van der Waals surface area (Å²) in [6.45, 7) is 6.80. The zero-order valence-corrected chi connectivity index (χ0v) is 14.3. The first-order valence-electron chi connectivity index (χ1n) is 8.41. The highest BCUT2D eigenvalue weighted by atomic mass is 16.6. The monoisotopic (exact) mass is 338 g/mol. The second-order valence-electron chi connectivity index (χ2n) is 6.31. The van der Waals surface area contributed by atoms with Crippen LogP contribution >= 0.6 is 0 Å². The molecule has 1 aliphatic rings. The number of hydrogen-bond acceptors (Lipinski definition) is 5. The summed E-state index contributed by atoms with van der Waals surface area (Å²) in [4.78, 5) is 12.7. The van der Waals surface area contributed by atoms with Crippen molar-refractivity contribution >= 4 is 11.9 Å². The largest absolute Gasteiger partial charge is 0.295 e. The molecule has 0 N–H and O–H groups in total. The van der Waals surface area contributed by atoms with Gasteiger partial charge in [0, 0.05) is 44.9 Å². The number of piperazine rings is 1. The second-order valence-corrected chi connectivity index (χ2v) is 6.31. The predicted molar refractivity (Wildman–Crippen MR) is 98.7 cm³/mol. The van der Waals surface area contributed by atoms with E-state index in [-0.39, 0.29) is 5.69 Å². The van der Waals surface area contributed by atoms with Crippen LogP contribution in [-0.2, 0) is 6.54 Å². The normalized spacial score (nSPS) is 15.6. The number of hydrazone groups is 1. The van der Waals surface area contributed by atoms with Crippen LogP contribution in [0.1, 0.15) is 16.7 Å². The minimum absolute atomic E-state index is 0.0990. The van der Waals surface area contributed by atoms with Crippen molar-refractivity contribution in [3.05, 3.63) is 75.3 Å². The average molecular weight is 338 g/mol. The summed E-state index contributed by atoms with van der Waals surface area (Å²) in [5.74, 6) is 0. The molecule has 0 unspecified atom stereocenters. The molecule has 1 fully saturated rings. The third-order valence-corrected chi connectivity index (χ3v) is 4.35. The fourth-order valence-electron chi connectivity index (χ4n) is 2.79. The molecule has 1 saturated heterocycles. The molecule has 1 aliphatic heterocycles. The summed E-state index contributed by atoms with van der Waals surface area (Å²) >= 11 is 0. The van der Waals surface area contributed by atoms with Crippen molar-refractivity contribution in [3.8, 4) is 0 Å². The Hall–Kier alpha value is -2.73. The summed E-state index contributed by atoms with van der Waals surface area (Å²) in [5.41, 5.74) is 3.59. The van der Waals surface area contributed by atoms with E-state index < -0.39 is 4.92 Å². The quantitative estimate of drug-likeness (QED) is 0.477. The van der Waals surface area contributed by atoms with Gasteiger partial charge in [0.15, 0.2) is 0 Å². The average Bonchev–Trinajstić information content (AvgIpc) is 2.63. The lowest BCUT2D eigenvalue weighted by Gasteiger charge is -2.33. The Morgan fingerprint density at radius 3 is 2.28 bits per heavy atom. The number of nitro groups is 1. The topological polar surface area (TPSA) is 62.0 Å². The molecule has 2 aromatic rings. The van der Waals surface area contributed by atoms with Gasteiger partial charge in [0.2, 0.25) is 0 Å². The van der Waals surface area contributed by atoms with Gasteiger partial charge < -0.3 is 0 Å². The van der Waals surface area contributed by atoms with E-state index >= 15 is 0 Å². The summed E-state index contributed by atoms with van der Waals surface area (Å²) < 4.78 is 0. The highest BCUT2D eigenvalue weighted by Gasteiger charge is 2.15. The molecule has 3 rings (SSSR count). The Labute approximate surface area is 147 Å². The SMILES string of the molecule is Cc1ccc(CN2CCN(N=Cc3ccc([N+](=O)[O-])cc3)CC2)cc1. The molecule has 0 saturated carbocycles. The maximum Gasteiger partial charge on any atom is 0.269 e. The van der Waals surface area contributed by atoms with Crippen molar-refractivity contribution in [2.45, 2.75) is 13.5 Å². The number of hydrogen-bond donors (Lipinski definition) is 0. The number of non-ortho nitro benzene ring substituents is 1. The molecule has 130 valence electrons. The van der Waals surface area contributed by atoms with E-state index in [1.807, 2.05) is 5.01 Å². The minimum atomic E-state index is -0.395. The Balaban J connectivity index is 1.48. The van der Waals surface area contributed by atoms with Gasteiger partial charge in [0.1, 0.15) is 0 Å². The van der Waals surface area contributed by atoms with Gasteiger partial charge in [0.25, 0.3) is 5.69 Å². The van der Waals surface area contributed by atoms with Crippen molar-refractivity contribution < 1.29 is 4.92 Å². The number of aryl methyl sites for hydroxylation is 1. The van der Waals surface area contributed by atoms with Crippen molar-refractivity contribution in [1.29, 1.82) is 0 Å². The first-order chi connectivity index (χ1) is 12.1. The van der Waals surface area contributed by atoms with E-state index in [0.717, 1.165) is 38.3 Å². The van der Waals surface area contributed by atoms with Crippen LogP contribution in [-0.4, -0.2) is 47.2 Å². The summed E-state index contributed by atoms with van der Waals surface area (Å²) in [6, 6.07) is 15.1. The Morgan fingerprint density at radius 2 is 1.68 bits per heavy atom. The molecule has 6 nitrogen and oxygen atoms in total. The van der Waals surface area contributed by atoms with Crippen LogP contribution in [0.15, 0.2) is 53.6 Å². The lowest BCUT2D eigenvalue weighted by atomic mass is 10.1. The molecule has 25 heavy (non-hydrogen) atoms. The number of nitro benzene ring substituents is 1. The summed E-state index contributed by atoms with van der Waals surface area (Å²) in [6.07, 6.45) is 1.76. The van der Waals surface area contributed by atoms with Crippen molar-refractivity contribution in [2.24, 2.45) is 5.10 Å². The Morgan fingerprint density at radius 1 is 1.04 bits per heavy atom. The smallest absolute Gasteiger partial charge is 0.269 e. The Kier molecular flexibility index (Phi) is 5.40. The maximum absolute atomic E-state index is 10.7. The van der Waals surface area contributed by atoms with Gasteiger partial charge in [-0.1, -0.05) is 29.8 Å². The van der Waals surface area contributed by atoms with Gasteiger partial charge in [-0.05, 0) is 30.2 Å². The van der Waals surface area contributed by atoms with Gasteiger partial charge in [-0.15, -0.1) is 0 Å². The van der Waals surface area contributed by atoms with E-state index in [1.165, 1.54) is 23.3 Å². The van der Waals surface area contributed by atoms with Crippen LogP contribution in [0.25, 0.3) is 0 Å². The fraction of sp³-hybridized carbons (Fsp3) is 0.316. The molecule has 6 heteroatoms. The van der Waals surface area contributed by atoms with Crippen LogP contribution in [0.5, 0.6) is 0 Å². The van der Waals surface area contributed by atoms with Crippen LogP contribution in [0.3, 0.4) is 0 Å². The number of rotatable bonds is 5. The van der Waals surface area contributed by atoms with Gasteiger partial charge in [0.05, 0.1) is 11.1 Å². The maximum atomic E-state index is 10.7. The summed E-state index contributed by atoms with van der Waals surface area (Å²) in [7, 11) is 0. The zero-order chi connectivity index (χ0) is 17.6. The third kappa shape index (κ3) is 4.87. The molecule has 0 amide bonds. The van der Waals surface area contributed by atoms with Gasteiger partial charge >= 0.3 is 0 Å². The summed E-state index contributed by atoms with van der Waals surface area (Å²) in [5, 5.41) is 17.2. The van der Waals surface area contributed by atoms with Crippen molar-refractivity contribution in [1.82, 2.24) is 9.91 Å². The van der Waals surface area contributed by atoms with E-state index in [2.05, 4.69) is 41.2 Å². The van der Waals surface area contributed by atoms with Crippen LogP contribution < -0.4 is 0 Å². The molecular weight excluding hydrogens is 316 g/mol. The zero-order valence-electron chi connectivity index (χ0n) is 14.3. The van der Waals surface area contributed by atoms with Crippen LogP contribution in [0.2, 0.25) is 0 Å². The third-order valence-electron chi connectivity index (χ3n) is 4.35. The van der Waals surface area contributed by atoms with Gasteiger partial charge in [-0.3, -0.25) is 20.0 Å². The van der Waals surface area contributed by atoms with Crippen LogP contribution in [0.4, 0.5) is 5.69 Å². The standard InChI is InChI=1S/C19H22N4O2/c1-16-2-4-18(5-3-16)15-21-10-12-22(13-11-21)20-14-17-6-8-19(9-7-17)23(24)25/h2-9,14H,10-13,15H2,1H3. The molecular formula is C19H22N4O2. The predicted octanol–water partition coefficient (Wildman–Crippen LogP) is 3.05. The van der Waals surface area contributed by atoms with Crippen molar-refractivity contribution in [2.75, 3.05) is 26.2 Å². The number of nitrogens with zero attached hydrogens (tertiary/aromatic N) is 4. The van der Waals surface area contributed by atoms with E-state index in [0.29, 0.717) is 0 Å². The fourth-order valence-corrected chi connectivity index (χ4v) is 2.79. The molecule has 2 aromatic carbocycles. The molecule has 0 spiro atoms. The molecule has 0 aliphatic carbocycles. The van der Waals surface area contributed by atoms with Gasteiger partial charge in [-0.25, -0.2) is 0 Å². The first kappa shape index (κ1) is 17.1. The van der Waals surface area contributed by atoms with E-state index in [4.69, 9.17) is 0 Å². The van der Waals surface area contributed by atoms with E-state index in [1.54, 1.807) is 18.3 Å². The highest BCUT2D eigenvalue weighted by molar-refractivity contribution is 5.79. The van der Waals surface area contributed by atoms with Gasteiger partial charge in [-0.2, -0.15) is 5.10 Å². The molecule has 0 aromatic heterocycles. The molecule has 0 atom stereocenters. The highest BCUT2D eigenvalue weighted by Crippen LogP contribution is 2.12. The second kappa shape index (κ2) is 7.90. The number of benzene rings is 2. The lowest BCUT2D eigenvalue weighted by Crippen LogP contribution is -2.43. The first-order valence-corrected chi connectivity index (χ1v) is 8.41. The molecule has 0 radical (unpaired) electrons. The molecule has 0 bridgehead atoms. The van der Waals surface area contributed by atoms with Crippen molar-refractivity contribution in [3.63, 3.8) is 0 Å².